The Kier molecular flexibility index (Phi) is 4.22. The lowest BCUT2D eigenvalue weighted by atomic mass is 10.1. The normalized spacial score (nSPS) is 15.7. The van der Waals surface area contributed by atoms with Gasteiger partial charge in [-0.1, -0.05) is 23.7 Å². The molecule has 0 atom stereocenters. The topological polar surface area (TPSA) is 49.4 Å². The van der Waals surface area contributed by atoms with E-state index in [9.17, 15) is 9.59 Å². The van der Waals surface area contributed by atoms with Gasteiger partial charge in [-0.2, -0.15) is 0 Å². The van der Waals surface area contributed by atoms with Crippen LogP contribution in [0.1, 0.15) is 11.1 Å². The summed E-state index contributed by atoms with van der Waals surface area (Å²) in [6, 6.07) is 5.61. The van der Waals surface area contributed by atoms with Gasteiger partial charge < -0.3 is 10.2 Å². The molecule has 1 aromatic carbocycles. The van der Waals surface area contributed by atoms with E-state index in [0.717, 1.165) is 11.1 Å². The van der Waals surface area contributed by atoms with Gasteiger partial charge in [0.15, 0.2) is 0 Å². The van der Waals surface area contributed by atoms with Crippen LogP contribution in [0.5, 0.6) is 0 Å². The van der Waals surface area contributed by atoms with E-state index in [-0.39, 0.29) is 18.4 Å². The fourth-order valence-electron chi connectivity index (χ4n) is 1.81. The average Bonchev–Trinajstić information content (AvgIpc) is 2.40. The SMILES string of the molecule is Cc1ccc(/C=C\C(=O)N2CCNC(=O)C2)cc1Cl. The molecule has 0 aromatic heterocycles. The maximum atomic E-state index is 11.9. The van der Waals surface area contributed by atoms with Gasteiger partial charge in [-0.15, -0.1) is 0 Å². The summed E-state index contributed by atoms with van der Waals surface area (Å²) in [5.74, 6) is -0.280. The summed E-state index contributed by atoms with van der Waals surface area (Å²) in [5.41, 5.74) is 1.86. The van der Waals surface area contributed by atoms with Crippen molar-refractivity contribution in [1.29, 1.82) is 0 Å². The minimum absolute atomic E-state index is 0.119. The van der Waals surface area contributed by atoms with Gasteiger partial charge in [-0.25, -0.2) is 0 Å². The molecular weight excluding hydrogens is 264 g/mol. The van der Waals surface area contributed by atoms with Crippen LogP contribution in [0.4, 0.5) is 0 Å². The number of nitrogens with one attached hydrogen (secondary N) is 1. The Morgan fingerprint density at radius 1 is 1.47 bits per heavy atom. The van der Waals surface area contributed by atoms with Crippen molar-refractivity contribution in [2.75, 3.05) is 19.6 Å². The first-order chi connectivity index (χ1) is 9.06. The van der Waals surface area contributed by atoms with Crippen molar-refractivity contribution in [1.82, 2.24) is 10.2 Å². The van der Waals surface area contributed by atoms with Gasteiger partial charge >= 0.3 is 0 Å². The minimum atomic E-state index is -0.161. The molecule has 100 valence electrons. The van der Waals surface area contributed by atoms with Crippen LogP contribution < -0.4 is 5.32 Å². The second-order valence-electron chi connectivity index (χ2n) is 4.45. The zero-order valence-electron chi connectivity index (χ0n) is 10.6. The Hall–Kier alpha value is -1.81. The number of benzene rings is 1. The summed E-state index contributed by atoms with van der Waals surface area (Å²) in [6.07, 6.45) is 3.18. The molecule has 1 saturated heterocycles. The molecule has 1 N–H and O–H groups in total. The van der Waals surface area contributed by atoms with Crippen LogP contribution in [0.15, 0.2) is 24.3 Å². The highest BCUT2D eigenvalue weighted by Crippen LogP contribution is 2.17. The number of aryl methyl sites for hydroxylation is 1. The smallest absolute Gasteiger partial charge is 0.247 e. The predicted octanol–water partition coefficient (Wildman–Crippen LogP) is 1.62. The largest absolute Gasteiger partial charge is 0.353 e. The van der Waals surface area contributed by atoms with Gasteiger partial charge in [-0.05, 0) is 30.2 Å². The molecule has 5 heteroatoms. The summed E-state index contributed by atoms with van der Waals surface area (Å²) in [5, 5.41) is 3.35. The van der Waals surface area contributed by atoms with E-state index in [1.54, 1.807) is 6.08 Å². The van der Waals surface area contributed by atoms with Gasteiger partial charge in [0.25, 0.3) is 0 Å². The van der Waals surface area contributed by atoms with E-state index in [2.05, 4.69) is 5.32 Å². The molecule has 4 nitrogen and oxygen atoms in total. The number of carbonyl (C=O) groups excluding carboxylic acids is 2. The van der Waals surface area contributed by atoms with Crippen molar-refractivity contribution < 1.29 is 9.59 Å². The lowest BCUT2D eigenvalue weighted by Crippen LogP contribution is -2.49. The van der Waals surface area contributed by atoms with Crippen molar-refractivity contribution in [2.24, 2.45) is 0 Å². The Labute approximate surface area is 117 Å². The maximum absolute atomic E-state index is 11.9. The summed E-state index contributed by atoms with van der Waals surface area (Å²) in [7, 11) is 0. The van der Waals surface area contributed by atoms with Crippen LogP contribution in [-0.4, -0.2) is 36.3 Å². The van der Waals surface area contributed by atoms with Crippen molar-refractivity contribution in [3.8, 4) is 0 Å². The molecule has 1 aromatic rings. The number of carbonyl (C=O) groups is 2. The molecule has 0 spiro atoms. The van der Waals surface area contributed by atoms with Crippen molar-refractivity contribution in [3.63, 3.8) is 0 Å². The Bertz CT molecular complexity index is 540. The van der Waals surface area contributed by atoms with E-state index in [1.807, 2.05) is 25.1 Å². The van der Waals surface area contributed by atoms with Crippen LogP contribution in [0.25, 0.3) is 6.08 Å². The molecule has 0 radical (unpaired) electrons. The summed E-state index contributed by atoms with van der Waals surface area (Å²) in [6.45, 7) is 3.10. The summed E-state index contributed by atoms with van der Waals surface area (Å²) < 4.78 is 0. The standard InChI is InChI=1S/C14H15ClN2O2/c1-10-2-3-11(8-12(10)15)4-5-14(19)17-7-6-16-13(18)9-17/h2-5,8H,6-7,9H2,1H3,(H,16,18)/b5-4-. The second kappa shape index (κ2) is 5.89. The van der Waals surface area contributed by atoms with Gasteiger partial charge in [0.1, 0.15) is 0 Å². The zero-order chi connectivity index (χ0) is 13.8. The van der Waals surface area contributed by atoms with Crippen LogP contribution in [0, 0.1) is 6.92 Å². The first-order valence-electron chi connectivity index (χ1n) is 6.06. The highest BCUT2D eigenvalue weighted by Gasteiger charge is 2.18. The van der Waals surface area contributed by atoms with E-state index in [0.29, 0.717) is 18.1 Å². The molecule has 0 unspecified atom stereocenters. The molecule has 0 aliphatic carbocycles. The number of halogens is 1. The summed E-state index contributed by atoms with van der Waals surface area (Å²) in [4.78, 5) is 24.6. The van der Waals surface area contributed by atoms with Crippen LogP contribution in [-0.2, 0) is 9.59 Å². The van der Waals surface area contributed by atoms with Crippen molar-refractivity contribution in [3.05, 3.63) is 40.4 Å². The Morgan fingerprint density at radius 3 is 2.95 bits per heavy atom. The molecule has 2 amide bonds. The number of hydrogen-bond acceptors (Lipinski definition) is 2. The molecule has 0 bridgehead atoms. The lowest BCUT2D eigenvalue weighted by molar-refractivity contribution is -0.134. The quantitative estimate of drug-likeness (QED) is 0.836. The molecule has 19 heavy (non-hydrogen) atoms. The number of amides is 2. The second-order valence-corrected chi connectivity index (χ2v) is 4.86. The van der Waals surface area contributed by atoms with Gasteiger partial charge in [0, 0.05) is 24.2 Å². The highest BCUT2D eigenvalue weighted by atomic mass is 35.5. The lowest BCUT2D eigenvalue weighted by Gasteiger charge is -2.25. The average molecular weight is 279 g/mol. The van der Waals surface area contributed by atoms with Crippen molar-refractivity contribution >= 4 is 29.5 Å². The molecule has 1 fully saturated rings. The first kappa shape index (κ1) is 13.6. The van der Waals surface area contributed by atoms with Crippen LogP contribution in [0.3, 0.4) is 0 Å². The van der Waals surface area contributed by atoms with Crippen molar-refractivity contribution in [2.45, 2.75) is 6.92 Å². The van der Waals surface area contributed by atoms with Crippen LogP contribution >= 0.6 is 11.6 Å². The fraction of sp³-hybridized carbons (Fsp3) is 0.286. The third-order valence-electron chi connectivity index (χ3n) is 2.96. The molecule has 0 saturated carbocycles. The molecule has 1 aliphatic heterocycles. The van der Waals surface area contributed by atoms with Crippen LogP contribution in [0.2, 0.25) is 5.02 Å². The number of hydrogen-bond donors (Lipinski definition) is 1. The Morgan fingerprint density at radius 2 is 2.26 bits per heavy atom. The van der Waals surface area contributed by atoms with Gasteiger partial charge in [-0.3, -0.25) is 9.59 Å². The number of nitrogens with zero attached hydrogens (tertiary/aromatic N) is 1. The first-order valence-corrected chi connectivity index (χ1v) is 6.44. The monoisotopic (exact) mass is 278 g/mol. The molecule has 1 aliphatic rings. The highest BCUT2D eigenvalue weighted by molar-refractivity contribution is 6.31. The maximum Gasteiger partial charge on any atom is 0.247 e. The van der Waals surface area contributed by atoms with E-state index in [1.165, 1.54) is 11.0 Å². The van der Waals surface area contributed by atoms with E-state index in [4.69, 9.17) is 11.6 Å². The van der Waals surface area contributed by atoms with Gasteiger partial charge in [0.2, 0.25) is 11.8 Å². The predicted molar refractivity (Wildman–Crippen MR) is 74.8 cm³/mol. The minimum Gasteiger partial charge on any atom is -0.353 e. The number of piperazine rings is 1. The Balaban J connectivity index is 2.03. The summed E-state index contributed by atoms with van der Waals surface area (Å²) >= 11 is 6.01. The van der Waals surface area contributed by atoms with Gasteiger partial charge in [0.05, 0.1) is 6.54 Å². The zero-order valence-corrected chi connectivity index (χ0v) is 11.4. The molecular formula is C14H15ClN2O2. The number of rotatable bonds is 2. The third kappa shape index (κ3) is 3.58. The molecule has 1 heterocycles. The molecule has 2 rings (SSSR count). The van der Waals surface area contributed by atoms with E-state index < -0.39 is 0 Å². The third-order valence-corrected chi connectivity index (χ3v) is 3.37. The fourth-order valence-corrected chi connectivity index (χ4v) is 2.00. The van der Waals surface area contributed by atoms with E-state index >= 15 is 0 Å².